The standard InChI is InChI=1S/C18H30N2/c1-13(18(2,3)4)11-17(20-19)16-10-6-9-15(12-16)14-7-5-8-14/h6,9-10,12-14,17,20H,5,7-8,11,19H2,1-4H3. The van der Waals surface area contributed by atoms with Crippen LogP contribution >= 0.6 is 0 Å². The summed E-state index contributed by atoms with van der Waals surface area (Å²) in [6, 6.07) is 9.29. The highest BCUT2D eigenvalue weighted by atomic mass is 15.2. The molecule has 0 saturated heterocycles. The van der Waals surface area contributed by atoms with Gasteiger partial charge in [0.1, 0.15) is 0 Å². The Morgan fingerprint density at radius 3 is 2.50 bits per heavy atom. The molecule has 2 nitrogen and oxygen atoms in total. The molecule has 0 amide bonds. The third-order valence-corrected chi connectivity index (χ3v) is 5.16. The Balaban J connectivity index is 2.10. The third-order valence-electron chi connectivity index (χ3n) is 5.16. The molecule has 1 aliphatic rings. The van der Waals surface area contributed by atoms with Gasteiger partial charge in [-0.1, -0.05) is 58.4 Å². The topological polar surface area (TPSA) is 38.0 Å². The number of nitrogens with one attached hydrogen (secondary N) is 1. The monoisotopic (exact) mass is 274 g/mol. The molecule has 2 atom stereocenters. The summed E-state index contributed by atoms with van der Waals surface area (Å²) < 4.78 is 0. The fourth-order valence-corrected chi connectivity index (χ4v) is 2.78. The molecule has 1 aromatic carbocycles. The zero-order valence-electron chi connectivity index (χ0n) is 13.4. The quantitative estimate of drug-likeness (QED) is 0.611. The smallest absolute Gasteiger partial charge is 0.0462 e. The minimum atomic E-state index is 0.254. The maximum absolute atomic E-state index is 5.82. The first kappa shape index (κ1) is 15.5. The van der Waals surface area contributed by atoms with Crippen molar-refractivity contribution in [1.82, 2.24) is 5.43 Å². The summed E-state index contributed by atoms with van der Waals surface area (Å²) in [6.45, 7) is 9.22. The Morgan fingerprint density at radius 1 is 1.30 bits per heavy atom. The van der Waals surface area contributed by atoms with E-state index >= 15 is 0 Å². The van der Waals surface area contributed by atoms with Crippen molar-refractivity contribution >= 4 is 0 Å². The minimum absolute atomic E-state index is 0.254. The van der Waals surface area contributed by atoms with Gasteiger partial charge in [-0.05, 0) is 47.6 Å². The largest absolute Gasteiger partial charge is 0.271 e. The van der Waals surface area contributed by atoms with Gasteiger partial charge in [0.25, 0.3) is 0 Å². The van der Waals surface area contributed by atoms with Crippen molar-refractivity contribution in [2.75, 3.05) is 0 Å². The fourth-order valence-electron chi connectivity index (χ4n) is 2.78. The second kappa shape index (κ2) is 6.28. The predicted octanol–water partition coefficient (Wildman–Crippen LogP) is 4.53. The van der Waals surface area contributed by atoms with Gasteiger partial charge in [-0.25, -0.2) is 0 Å². The van der Waals surface area contributed by atoms with Crippen molar-refractivity contribution in [1.29, 1.82) is 0 Å². The van der Waals surface area contributed by atoms with E-state index in [1.807, 2.05) is 0 Å². The fraction of sp³-hybridized carbons (Fsp3) is 0.667. The first-order valence-electron chi connectivity index (χ1n) is 7.98. The van der Waals surface area contributed by atoms with Gasteiger partial charge in [-0.15, -0.1) is 0 Å². The average Bonchev–Trinajstić information content (AvgIpc) is 2.32. The molecule has 112 valence electrons. The van der Waals surface area contributed by atoms with Crippen molar-refractivity contribution in [3.05, 3.63) is 35.4 Å². The highest BCUT2D eigenvalue weighted by Crippen LogP contribution is 2.38. The zero-order valence-corrected chi connectivity index (χ0v) is 13.4. The number of nitrogens with two attached hydrogens (primary N) is 1. The van der Waals surface area contributed by atoms with E-state index in [0.717, 1.165) is 12.3 Å². The minimum Gasteiger partial charge on any atom is -0.271 e. The highest BCUT2D eigenvalue weighted by Gasteiger charge is 2.25. The van der Waals surface area contributed by atoms with Crippen LogP contribution in [0, 0.1) is 11.3 Å². The predicted molar refractivity (Wildman–Crippen MR) is 86.3 cm³/mol. The van der Waals surface area contributed by atoms with Crippen LogP contribution in [0.15, 0.2) is 24.3 Å². The molecule has 1 fully saturated rings. The first-order valence-corrected chi connectivity index (χ1v) is 7.98. The summed E-state index contributed by atoms with van der Waals surface area (Å²) >= 11 is 0. The van der Waals surface area contributed by atoms with E-state index in [2.05, 4.69) is 57.4 Å². The summed E-state index contributed by atoms with van der Waals surface area (Å²) in [6.07, 6.45) is 5.16. The van der Waals surface area contributed by atoms with Crippen molar-refractivity contribution < 1.29 is 0 Å². The lowest BCUT2D eigenvalue weighted by Crippen LogP contribution is -2.32. The van der Waals surface area contributed by atoms with Crippen LogP contribution in [0.1, 0.15) is 76.5 Å². The van der Waals surface area contributed by atoms with Crippen LogP contribution in [-0.2, 0) is 0 Å². The van der Waals surface area contributed by atoms with Crippen LogP contribution in [0.2, 0.25) is 0 Å². The van der Waals surface area contributed by atoms with Gasteiger partial charge in [0.2, 0.25) is 0 Å². The normalized spacial score (nSPS) is 19.4. The molecule has 20 heavy (non-hydrogen) atoms. The number of benzene rings is 1. The van der Waals surface area contributed by atoms with Gasteiger partial charge in [-0.2, -0.15) is 0 Å². The molecule has 0 aliphatic heterocycles. The Kier molecular flexibility index (Phi) is 4.87. The molecule has 0 radical (unpaired) electrons. The number of hydrogen-bond donors (Lipinski definition) is 2. The molecule has 2 rings (SSSR count). The van der Waals surface area contributed by atoms with Gasteiger partial charge in [-0.3, -0.25) is 11.3 Å². The lowest BCUT2D eigenvalue weighted by molar-refractivity contribution is 0.223. The number of hydrazine groups is 1. The molecule has 1 aromatic rings. The molecule has 1 aliphatic carbocycles. The van der Waals surface area contributed by atoms with Crippen molar-refractivity contribution in [2.45, 2.75) is 65.3 Å². The van der Waals surface area contributed by atoms with Crippen LogP contribution < -0.4 is 11.3 Å². The molecule has 0 heterocycles. The van der Waals surface area contributed by atoms with Gasteiger partial charge in [0, 0.05) is 6.04 Å². The molecule has 0 aromatic heterocycles. The van der Waals surface area contributed by atoms with Crippen molar-refractivity contribution in [3.63, 3.8) is 0 Å². The maximum Gasteiger partial charge on any atom is 0.0462 e. The molecule has 2 heteroatoms. The van der Waals surface area contributed by atoms with E-state index in [1.165, 1.54) is 30.4 Å². The number of hydrogen-bond acceptors (Lipinski definition) is 2. The Hall–Kier alpha value is -0.860. The second-order valence-corrected chi connectivity index (χ2v) is 7.52. The SMILES string of the molecule is CC(CC(NN)c1cccc(C2CCC2)c1)C(C)(C)C. The van der Waals surface area contributed by atoms with E-state index in [0.29, 0.717) is 11.3 Å². The van der Waals surface area contributed by atoms with Gasteiger partial charge in [0.15, 0.2) is 0 Å². The van der Waals surface area contributed by atoms with E-state index < -0.39 is 0 Å². The van der Waals surface area contributed by atoms with E-state index in [4.69, 9.17) is 5.84 Å². The summed E-state index contributed by atoms with van der Waals surface area (Å²) in [5.41, 5.74) is 6.18. The van der Waals surface area contributed by atoms with Gasteiger partial charge >= 0.3 is 0 Å². The first-order chi connectivity index (χ1) is 9.41. The third kappa shape index (κ3) is 3.62. The Morgan fingerprint density at radius 2 is 2.00 bits per heavy atom. The zero-order chi connectivity index (χ0) is 14.8. The Bertz CT molecular complexity index is 429. The summed E-state index contributed by atoms with van der Waals surface area (Å²) in [5, 5.41) is 0. The summed E-state index contributed by atoms with van der Waals surface area (Å²) in [5.74, 6) is 7.23. The lowest BCUT2D eigenvalue weighted by atomic mass is 9.76. The van der Waals surface area contributed by atoms with Gasteiger partial charge < -0.3 is 0 Å². The average molecular weight is 274 g/mol. The molecule has 1 saturated carbocycles. The van der Waals surface area contributed by atoms with Crippen LogP contribution in [-0.4, -0.2) is 0 Å². The molecule has 3 N–H and O–H groups in total. The van der Waals surface area contributed by atoms with Crippen molar-refractivity contribution in [3.8, 4) is 0 Å². The van der Waals surface area contributed by atoms with Crippen LogP contribution in [0.4, 0.5) is 0 Å². The molecule has 0 spiro atoms. The van der Waals surface area contributed by atoms with E-state index in [-0.39, 0.29) is 6.04 Å². The summed E-state index contributed by atoms with van der Waals surface area (Å²) in [4.78, 5) is 0. The maximum atomic E-state index is 5.82. The summed E-state index contributed by atoms with van der Waals surface area (Å²) in [7, 11) is 0. The highest BCUT2D eigenvalue weighted by molar-refractivity contribution is 5.29. The molecule has 0 bridgehead atoms. The number of rotatable bonds is 5. The van der Waals surface area contributed by atoms with Crippen LogP contribution in [0.3, 0.4) is 0 Å². The van der Waals surface area contributed by atoms with Crippen LogP contribution in [0.25, 0.3) is 0 Å². The van der Waals surface area contributed by atoms with Gasteiger partial charge in [0.05, 0.1) is 0 Å². The Labute approximate surface area is 124 Å². The second-order valence-electron chi connectivity index (χ2n) is 7.52. The van der Waals surface area contributed by atoms with E-state index in [1.54, 1.807) is 0 Å². The molecule has 2 unspecified atom stereocenters. The van der Waals surface area contributed by atoms with E-state index in [9.17, 15) is 0 Å². The molecular formula is C18H30N2. The molecular weight excluding hydrogens is 244 g/mol. The van der Waals surface area contributed by atoms with Crippen LogP contribution in [0.5, 0.6) is 0 Å². The van der Waals surface area contributed by atoms with Crippen molar-refractivity contribution in [2.24, 2.45) is 17.2 Å². The lowest BCUT2D eigenvalue weighted by Gasteiger charge is -2.31.